The predicted molar refractivity (Wildman–Crippen MR) is 160 cm³/mol. The lowest BCUT2D eigenvalue weighted by molar-refractivity contribution is -0.138. The van der Waals surface area contributed by atoms with Crippen LogP contribution >= 0.6 is 31.9 Å². The van der Waals surface area contributed by atoms with Gasteiger partial charge in [-0.3, -0.25) is 19.4 Å². The van der Waals surface area contributed by atoms with Crippen molar-refractivity contribution in [1.29, 1.82) is 0 Å². The number of ether oxygens (including phenoxy) is 1. The number of benzene rings is 1. The Bertz CT molecular complexity index is 1340. The number of carbonyl (C=O) groups excluding carboxylic acids is 2. The molecule has 2 heterocycles. The molecule has 42 heavy (non-hydrogen) atoms. The number of hydrogen-bond acceptors (Lipinski definition) is 7. The number of aliphatic carboxylic acids is 1. The van der Waals surface area contributed by atoms with Crippen molar-refractivity contribution in [3.8, 4) is 0 Å². The van der Waals surface area contributed by atoms with Crippen LogP contribution in [0.3, 0.4) is 0 Å². The highest BCUT2D eigenvalue weighted by atomic mass is 79.9. The number of carbonyl (C=O) groups is 4. The standard InChI is InChI=1S/C16H15BrN2O4.C12H16BrN3O3/c17-14-8-4-7-13(18-14)9-19(10-15(20)21)16(22)23-11-12-5-2-1-3-6-12;1-8(2)14-11(17)7-16(12(18)19)6-9-4-3-5-10(13)15-9/h1-8H,9-11H2,(H,20,21);3-5,8H,6-7H2,1-2H3,(H,14,17)(H,18,19). The van der Waals surface area contributed by atoms with Crippen LogP contribution in [0, 0.1) is 0 Å². The quantitative estimate of drug-likeness (QED) is 0.235. The summed E-state index contributed by atoms with van der Waals surface area (Å²) in [5.74, 6) is -1.44. The first-order chi connectivity index (χ1) is 19.9. The zero-order chi connectivity index (χ0) is 31.1. The van der Waals surface area contributed by atoms with Crippen molar-refractivity contribution in [3.05, 3.63) is 92.9 Å². The summed E-state index contributed by atoms with van der Waals surface area (Å²) in [4.78, 5) is 56.3. The number of carboxylic acid groups (broad SMARTS) is 2. The average molecular weight is 709 g/mol. The SMILES string of the molecule is CC(C)NC(=O)CN(Cc1cccc(Br)n1)C(=O)O.O=C(O)CN(Cc1cccc(Br)n1)C(=O)OCc1ccccc1. The van der Waals surface area contributed by atoms with Gasteiger partial charge in [0.15, 0.2) is 0 Å². The number of aromatic nitrogens is 2. The summed E-state index contributed by atoms with van der Waals surface area (Å²) >= 11 is 6.46. The summed E-state index contributed by atoms with van der Waals surface area (Å²) in [5, 5.41) is 20.7. The third kappa shape index (κ3) is 13.5. The lowest BCUT2D eigenvalue weighted by Gasteiger charge is -2.20. The van der Waals surface area contributed by atoms with Gasteiger partial charge in [0, 0.05) is 6.04 Å². The molecule has 3 N–H and O–H groups in total. The number of rotatable bonds is 11. The topological polar surface area (TPSA) is 162 Å². The first-order valence-electron chi connectivity index (χ1n) is 12.6. The van der Waals surface area contributed by atoms with E-state index in [1.165, 1.54) is 0 Å². The van der Waals surface area contributed by atoms with E-state index in [0.29, 0.717) is 20.6 Å². The van der Waals surface area contributed by atoms with Crippen LogP contribution in [0.15, 0.2) is 75.9 Å². The van der Waals surface area contributed by atoms with Gasteiger partial charge in [0.1, 0.15) is 28.9 Å². The Morgan fingerprint density at radius 3 is 1.83 bits per heavy atom. The molecule has 224 valence electrons. The number of nitrogens with zero attached hydrogens (tertiary/aromatic N) is 4. The first-order valence-corrected chi connectivity index (χ1v) is 14.2. The van der Waals surface area contributed by atoms with Crippen molar-refractivity contribution < 1.29 is 34.1 Å². The molecule has 0 bridgehead atoms. The van der Waals surface area contributed by atoms with Gasteiger partial charge < -0.3 is 20.3 Å². The van der Waals surface area contributed by atoms with E-state index in [1.807, 2.05) is 44.2 Å². The molecule has 3 aromatic rings. The maximum Gasteiger partial charge on any atom is 0.410 e. The van der Waals surface area contributed by atoms with Gasteiger partial charge in [-0.25, -0.2) is 19.6 Å². The van der Waals surface area contributed by atoms with Crippen molar-refractivity contribution >= 4 is 55.9 Å². The summed E-state index contributed by atoms with van der Waals surface area (Å²) in [6.07, 6.45) is -1.85. The lowest BCUT2D eigenvalue weighted by atomic mass is 10.2. The fourth-order valence-corrected chi connectivity index (χ4v) is 4.12. The normalized spacial score (nSPS) is 10.2. The van der Waals surface area contributed by atoms with Crippen LogP contribution in [0.1, 0.15) is 30.8 Å². The van der Waals surface area contributed by atoms with E-state index in [2.05, 4.69) is 47.1 Å². The van der Waals surface area contributed by atoms with Crippen LogP contribution in [-0.2, 0) is 34.0 Å². The molecule has 0 aliphatic heterocycles. The molecule has 0 aliphatic carbocycles. The molecular weight excluding hydrogens is 678 g/mol. The van der Waals surface area contributed by atoms with Crippen LogP contribution in [0.4, 0.5) is 9.59 Å². The van der Waals surface area contributed by atoms with E-state index < -0.39 is 24.7 Å². The van der Waals surface area contributed by atoms with Gasteiger partial charge in [0.25, 0.3) is 0 Å². The maximum absolute atomic E-state index is 12.1. The summed E-state index contributed by atoms with van der Waals surface area (Å²) in [6.45, 7) is 3.18. The summed E-state index contributed by atoms with van der Waals surface area (Å²) < 4.78 is 6.42. The Morgan fingerprint density at radius 1 is 0.810 bits per heavy atom. The molecule has 2 aromatic heterocycles. The number of hydrogen-bond donors (Lipinski definition) is 3. The fraction of sp³-hybridized carbons (Fsp3) is 0.286. The van der Waals surface area contributed by atoms with E-state index in [4.69, 9.17) is 14.9 Å². The van der Waals surface area contributed by atoms with Crippen molar-refractivity contribution in [2.45, 2.75) is 39.6 Å². The zero-order valence-electron chi connectivity index (χ0n) is 22.9. The van der Waals surface area contributed by atoms with E-state index in [1.54, 1.807) is 36.4 Å². The molecule has 3 rings (SSSR count). The van der Waals surface area contributed by atoms with E-state index >= 15 is 0 Å². The van der Waals surface area contributed by atoms with Gasteiger partial charge in [-0.2, -0.15) is 0 Å². The third-order valence-corrected chi connectivity index (χ3v) is 5.98. The Balaban J connectivity index is 0.000000299. The van der Waals surface area contributed by atoms with Crippen LogP contribution < -0.4 is 5.32 Å². The second kappa shape index (κ2) is 17.7. The zero-order valence-corrected chi connectivity index (χ0v) is 26.1. The van der Waals surface area contributed by atoms with Crippen LogP contribution in [0.5, 0.6) is 0 Å². The fourth-order valence-electron chi connectivity index (χ4n) is 3.36. The highest BCUT2D eigenvalue weighted by Gasteiger charge is 2.20. The highest BCUT2D eigenvalue weighted by Crippen LogP contribution is 2.11. The second-order valence-electron chi connectivity index (χ2n) is 9.05. The molecule has 0 saturated heterocycles. The monoisotopic (exact) mass is 707 g/mol. The van der Waals surface area contributed by atoms with E-state index in [-0.39, 0.29) is 38.2 Å². The van der Waals surface area contributed by atoms with Crippen LogP contribution in [-0.4, -0.2) is 73.2 Å². The smallest absolute Gasteiger partial charge is 0.410 e. The Labute approximate surface area is 260 Å². The van der Waals surface area contributed by atoms with Gasteiger partial charge in [-0.05, 0) is 75.5 Å². The molecule has 0 atom stereocenters. The molecule has 14 heteroatoms. The molecule has 0 radical (unpaired) electrons. The third-order valence-electron chi connectivity index (χ3n) is 5.10. The van der Waals surface area contributed by atoms with Crippen molar-refractivity contribution in [2.24, 2.45) is 0 Å². The van der Waals surface area contributed by atoms with Gasteiger partial charge >= 0.3 is 18.2 Å². The molecule has 1 aromatic carbocycles. The molecule has 0 unspecified atom stereocenters. The number of pyridine rings is 2. The Kier molecular flexibility index (Phi) is 14.4. The predicted octanol–water partition coefficient (Wildman–Crippen LogP) is 4.92. The van der Waals surface area contributed by atoms with Crippen molar-refractivity contribution in [2.75, 3.05) is 13.1 Å². The van der Waals surface area contributed by atoms with Crippen molar-refractivity contribution in [3.63, 3.8) is 0 Å². The maximum atomic E-state index is 12.1. The molecule has 0 aliphatic rings. The molecule has 0 fully saturated rings. The molecule has 0 saturated carbocycles. The van der Waals surface area contributed by atoms with Gasteiger partial charge in [0.2, 0.25) is 5.91 Å². The number of amides is 3. The van der Waals surface area contributed by atoms with Crippen LogP contribution in [0.2, 0.25) is 0 Å². The number of halogens is 2. The Morgan fingerprint density at radius 2 is 1.36 bits per heavy atom. The first kappa shape index (κ1) is 34.2. The molecule has 0 spiro atoms. The minimum absolute atomic E-state index is 0.0212. The average Bonchev–Trinajstić information content (AvgIpc) is 2.91. The Hall–Kier alpha value is -4.04. The van der Waals surface area contributed by atoms with Crippen LogP contribution in [0.25, 0.3) is 0 Å². The van der Waals surface area contributed by atoms with Gasteiger partial charge in [-0.15, -0.1) is 0 Å². The second-order valence-corrected chi connectivity index (χ2v) is 10.7. The summed E-state index contributed by atoms with van der Waals surface area (Å²) in [6, 6.07) is 19.6. The van der Waals surface area contributed by atoms with E-state index in [9.17, 15) is 19.2 Å². The minimum Gasteiger partial charge on any atom is -0.480 e. The van der Waals surface area contributed by atoms with Gasteiger partial charge in [-0.1, -0.05) is 42.5 Å². The largest absolute Gasteiger partial charge is 0.480 e. The molecular formula is C28H31Br2N5O7. The molecule has 3 amide bonds. The summed E-state index contributed by atoms with van der Waals surface area (Å²) in [5.41, 5.74) is 1.98. The molecule has 12 nitrogen and oxygen atoms in total. The van der Waals surface area contributed by atoms with Crippen molar-refractivity contribution in [1.82, 2.24) is 25.1 Å². The number of carboxylic acids is 1. The lowest BCUT2D eigenvalue weighted by Crippen LogP contribution is -2.42. The minimum atomic E-state index is -1.15. The van der Waals surface area contributed by atoms with E-state index in [0.717, 1.165) is 15.4 Å². The number of nitrogens with one attached hydrogen (secondary N) is 1. The summed E-state index contributed by atoms with van der Waals surface area (Å²) in [7, 11) is 0. The van der Waals surface area contributed by atoms with Gasteiger partial charge in [0.05, 0.1) is 24.5 Å². The highest BCUT2D eigenvalue weighted by molar-refractivity contribution is 9.10.